The molecule has 0 spiro atoms. The van der Waals surface area contributed by atoms with Gasteiger partial charge < -0.3 is 24.7 Å². The third-order valence-corrected chi connectivity index (χ3v) is 4.25. The van der Waals surface area contributed by atoms with Crippen molar-refractivity contribution < 1.29 is 53.7 Å². The third kappa shape index (κ3) is 6.00. The second-order valence-corrected chi connectivity index (χ2v) is 6.30. The van der Waals surface area contributed by atoms with Crippen LogP contribution >= 0.6 is 0 Å². The van der Waals surface area contributed by atoms with Gasteiger partial charge in [0.25, 0.3) is 0 Å². The Balaban J connectivity index is 0.00000243. The predicted molar refractivity (Wildman–Crippen MR) is 87.7 cm³/mol. The molecule has 1 N–H and O–H groups in total. The smallest absolute Gasteiger partial charge is 0.546 e. The maximum absolute atomic E-state index is 11.6. The zero-order valence-electron chi connectivity index (χ0n) is 14.8. The van der Waals surface area contributed by atoms with E-state index in [9.17, 15) is 14.7 Å². The number of ether oxygens (including phenoxy) is 2. The van der Waals surface area contributed by atoms with Gasteiger partial charge >= 0.3 is 35.7 Å². The molecule has 1 saturated carbocycles. The summed E-state index contributed by atoms with van der Waals surface area (Å²) in [4.78, 5) is 27.1. The maximum atomic E-state index is 11.6. The van der Waals surface area contributed by atoms with Crippen LogP contribution in [0.1, 0.15) is 31.2 Å². The van der Waals surface area contributed by atoms with E-state index >= 15 is 0 Å². The molecule has 1 aliphatic carbocycles. The molecule has 0 saturated heterocycles. The first kappa shape index (κ1) is 20.7. The standard InChI is InChI=1S/C18H22N2O5.Na/c21-17(22)16-15(13-8-9-13)20-14(25-16)7-4-10-19-18(23)24-11-12-5-2-1-3-6-12;/h1-3,5-6,13,15-16H,4,7-11H2,(H,19,23)(H,21,22);/q;+1/p-1/t15-,16+;/m0./s1. The second-order valence-electron chi connectivity index (χ2n) is 6.30. The number of hydrogen-bond acceptors (Lipinski definition) is 6. The van der Waals surface area contributed by atoms with E-state index in [0.29, 0.717) is 31.2 Å². The van der Waals surface area contributed by atoms with Crippen molar-refractivity contribution in [1.82, 2.24) is 5.32 Å². The number of carboxylic acid groups (broad SMARTS) is 1. The van der Waals surface area contributed by atoms with E-state index in [0.717, 1.165) is 18.4 Å². The molecule has 26 heavy (non-hydrogen) atoms. The van der Waals surface area contributed by atoms with E-state index in [-0.39, 0.29) is 42.2 Å². The fraction of sp³-hybridized carbons (Fsp3) is 0.500. The van der Waals surface area contributed by atoms with Crippen LogP contribution in [0, 0.1) is 5.92 Å². The molecule has 0 radical (unpaired) electrons. The Morgan fingerprint density at radius 1 is 1.27 bits per heavy atom. The van der Waals surface area contributed by atoms with Gasteiger partial charge in [0.1, 0.15) is 6.61 Å². The molecule has 0 unspecified atom stereocenters. The molecule has 1 heterocycles. The van der Waals surface area contributed by atoms with Crippen LogP contribution < -0.4 is 40.0 Å². The van der Waals surface area contributed by atoms with Gasteiger partial charge in [-0.25, -0.2) is 9.79 Å². The molecule has 1 amide bonds. The minimum atomic E-state index is -1.21. The number of amides is 1. The Kier molecular flexibility index (Phi) is 7.93. The van der Waals surface area contributed by atoms with Crippen LogP contribution in [-0.4, -0.2) is 36.7 Å². The van der Waals surface area contributed by atoms with Crippen molar-refractivity contribution in [2.45, 2.75) is 44.4 Å². The van der Waals surface area contributed by atoms with Crippen molar-refractivity contribution in [1.29, 1.82) is 0 Å². The molecule has 2 aliphatic rings. The van der Waals surface area contributed by atoms with E-state index in [1.54, 1.807) is 0 Å². The molecule has 1 aromatic rings. The number of hydrogen-bond donors (Lipinski definition) is 1. The van der Waals surface area contributed by atoms with Crippen LogP contribution in [-0.2, 0) is 20.9 Å². The first-order valence-corrected chi connectivity index (χ1v) is 8.52. The third-order valence-electron chi connectivity index (χ3n) is 4.25. The van der Waals surface area contributed by atoms with E-state index in [1.807, 2.05) is 30.3 Å². The molecule has 3 rings (SSSR count). The van der Waals surface area contributed by atoms with Crippen LogP contribution in [0.5, 0.6) is 0 Å². The fourth-order valence-corrected chi connectivity index (χ4v) is 2.79. The number of carboxylic acids is 1. The van der Waals surface area contributed by atoms with Gasteiger partial charge in [-0.2, -0.15) is 0 Å². The number of rotatable bonds is 8. The SMILES string of the molecule is O=C(NCCCC1=N[C@@H](C2CC2)[C@H](C(=O)[O-])O1)OCc1ccccc1.[Na+]. The average molecular weight is 368 g/mol. The quantitative estimate of drug-likeness (QED) is 0.424. The van der Waals surface area contributed by atoms with Crippen molar-refractivity contribution in [2.75, 3.05) is 6.54 Å². The Bertz CT molecular complexity index is 648. The van der Waals surface area contributed by atoms with Gasteiger partial charge in [-0.05, 0) is 30.7 Å². The number of alkyl carbamates (subject to hydrolysis) is 1. The van der Waals surface area contributed by atoms with E-state index in [2.05, 4.69) is 10.3 Å². The van der Waals surface area contributed by atoms with Gasteiger partial charge in [-0.1, -0.05) is 30.3 Å². The summed E-state index contributed by atoms with van der Waals surface area (Å²) >= 11 is 0. The van der Waals surface area contributed by atoms with Crippen molar-refractivity contribution in [3.05, 3.63) is 35.9 Å². The van der Waals surface area contributed by atoms with Gasteiger partial charge in [0.2, 0.25) is 0 Å². The molecular formula is C18H21N2NaO5. The van der Waals surface area contributed by atoms with Gasteiger partial charge in [-0.15, -0.1) is 0 Å². The number of nitrogens with zero attached hydrogens (tertiary/aromatic N) is 1. The predicted octanol–water partition coefficient (Wildman–Crippen LogP) is -1.98. The van der Waals surface area contributed by atoms with Crippen LogP contribution in [0.4, 0.5) is 4.79 Å². The number of carbonyl (C=O) groups is 2. The molecule has 0 aromatic heterocycles. The summed E-state index contributed by atoms with van der Waals surface area (Å²) in [6.07, 6.45) is 1.60. The van der Waals surface area contributed by atoms with E-state index in [1.165, 1.54) is 0 Å². The molecule has 1 aromatic carbocycles. The molecule has 1 aliphatic heterocycles. The summed E-state index contributed by atoms with van der Waals surface area (Å²) in [5, 5.41) is 13.8. The van der Waals surface area contributed by atoms with E-state index in [4.69, 9.17) is 9.47 Å². The summed E-state index contributed by atoms with van der Waals surface area (Å²) in [7, 11) is 0. The summed E-state index contributed by atoms with van der Waals surface area (Å²) in [5.41, 5.74) is 0.922. The Morgan fingerprint density at radius 3 is 2.65 bits per heavy atom. The average Bonchev–Trinajstić information content (AvgIpc) is 3.37. The molecule has 7 nitrogen and oxygen atoms in total. The molecular weight excluding hydrogens is 347 g/mol. The van der Waals surface area contributed by atoms with E-state index < -0.39 is 18.2 Å². The number of aliphatic carboxylic acids is 1. The fourth-order valence-electron chi connectivity index (χ4n) is 2.79. The second kappa shape index (κ2) is 9.94. The van der Waals surface area contributed by atoms with Crippen molar-refractivity contribution in [3.63, 3.8) is 0 Å². The summed E-state index contributed by atoms with van der Waals surface area (Å²) in [5.74, 6) is -0.477. The summed E-state index contributed by atoms with van der Waals surface area (Å²) in [6, 6.07) is 9.11. The summed E-state index contributed by atoms with van der Waals surface area (Å²) in [6.45, 7) is 0.624. The Morgan fingerprint density at radius 2 is 2.00 bits per heavy atom. The molecule has 8 heteroatoms. The van der Waals surface area contributed by atoms with Gasteiger partial charge in [0, 0.05) is 13.0 Å². The first-order valence-electron chi connectivity index (χ1n) is 8.52. The number of benzene rings is 1. The maximum Gasteiger partial charge on any atom is 1.00 e. The number of carbonyl (C=O) groups excluding carboxylic acids is 2. The van der Waals surface area contributed by atoms with Gasteiger partial charge in [0.05, 0.1) is 12.0 Å². The summed E-state index contributed by atoms with van der Waals surface area (Å²) < 4.78 is 10.5. The Labute approximate surface area is 174 Å². The van der Waals surface area contributed by atoms with Crippen LogP contribution in [0.25, 0.3) is 0 Å². The number of nitrogens with one attached hydrogen (secondary N) is 1. The normalized spacial score (nSPS) is 21.2. The zero-order valence-corrected chi connectivity index (χ0v) is 16.8. The Hall–Kier alpha value is -1.57. The largest absolute Gasteiger partial charge is 1.00 e. The molecule has 134 valence electrons. The van der Waals surface area contributed by atoms with Crippen molar-refractivity contribution in [2.24, 2.45) is 10.9 Å². The monoisotopic (exact) mass is 368 g/mol. The minimum absolute atomic E-state index is 0. The zero-order chi connectivity index (χ0) is 17.6. The van der Waals surface area contributed by atoms with Crippen LogP contribution in [0.15, 0.2) is 35.3 Å². The molecule has 2 atom stereocenters. The first-order chi connectivity index (χ1) is 12.1. The minimum Gasteiger partial charge on any atom is -0.546 e. The molecule has 1 fully saturated rings. The number of aliphatic imine (C=N–C) groups is 1. The van der Waals surface area contributed by atoms with Crippen LogP contribution in [0.2, 0.25) is 0 Å². The van der Waals surface area contributed by atoms with Gasteiger partial charge in [0.15, 0.2) is 12.0 Å². The van der Waals surface area contributed by atoms with Crippen molar-refractivity contribution >= 4 is 18.0 Å². The molecule has 0 bridgehead atoms. The van der Waals surface area contributed by atoms with Crippen LogP contribution in [0.3, 0.4) is 0 Å². The van der Waals surface area contributed by atoms with Crippen molar-refractivity contribution in [3.8, 4) is 0 Å². The van der Waals surface area contributed by atoms with Gasteiger partial charge in [-0.3, -0.25) is 0 Å². The topological polar surface area (TPSA) is 100 Å².